The normalized spacial score (nSPS) is 14.6. The van der Waals surface area contributed by atoms with Gasteiger partial charge in [-0.25, -0.2) is 9.48 Å². The monoisotopic (exact) mass is 289 g/mol. The molecule has 1 fully saturated rings. The van der Waals surface area contributed by atoms with Crippen LogP contribution in [0.4, 0.5) is 0 Å². The summed E-state index contributed by atoms with van der Waals surface area (Å²) in [5.41, 5.74) is 2.93. The van der Waals surface area contributed by atoms with Crippen LogP contribution in [0.25, 0.3) is 0 Å². The molecule has 0 aliphatic heterocycles. The minimum atomic E-state index is -0.999. The van der Waals surface area contributed by atoms with Crippen LogP contribution in [0.5, 0.6) is 0 Å². The molecule has 0 bridgehead atoms. The highest BCUT2D eigenvalue weighted by molar-refractivity contribution is 5.86. The van der Waals surface area contributed by atoms with Gasteiger partial charge in [-0.1, -0.05) is 12.1 Å². The Bertz CT molecular complexity index is 669. The van der Waals surface area contributed by atoms with E-state index in [9.17, 15) is 9.90 Å². The van der Waals surface area contributed by atoms with Crippen molar-refractivity contribution >= 4 is 5.97 Å². The van der Waals surface area contributed by atoms with E-state index in [0.717, 1.165) is 42.9 Å². The largest absolute Gasteiger partial charge is 0.476 e. The zero-order valence-corrected chi connectivity index (χ0v) is 12.3. The number of hydrogen-bond acceptors (Lipinski definition) is 4. The zero-order valence-electron chi connectivity index (χ0n) is 12.3. The number of hydrogen-bond donors (Lipinski definition) is 1. The molecule has 1 N–H and O–H groups in total. The Labute approximate surface area is 122 Å². The fraction of sp³-hybridized carbons (Fsp3) is 0.571. The predicted molar refractivity (Wildman–Crippen MR) is 75.3 cm³/mol. The number of carboxylic acid groups (broad SMARTS) is 1. The molecule has 0 unspecified atom stereocenters. The molecular formula is C14H19N5O2. The number of aryl methyl sites for hydroxylation is 2. The van der Waals surface area contributed by atoms with E-state index in [2.05, 4.69) is 28.4 Å². The molecule has 2 aromatic heterocycles. The van der Waals surface area contributed by atoms with E-state index < -0.39 is 5.97 Å². The lowest BCUT2D eigenvalue weighted by Gasteiger charge is -2.07. The Morgan fingerprint density at radius 2 is 2.14 bits per heavy atom. The molecule has 21 heavy (non-hydrogen) atoms. The number of carbonyl (C=O) groups is 1. The molecule has 0 aromatic carbocycles. The van der Waals surface area contributed by atoms with Crippen molar-refractivity contribution in [1.29, 1.82) is 0 Å². The van der Waals surface area contributed by atoms with Gasteiger partial charge in [0.15, 0.2) is 5.69 Å². The fourth-order valence-electron chi connectivity index (χ4n) is 2.59. The summed E-state index contributed by atoms with van der Waals surface area (Å²) in [6.45, 7) is 5.42. The van der Waals surface area contributed by atoms with Gasteiger partial charge in [-0.05, 0) is 32.3 Å². The Morgan fingerprint density at radius 1 is 1.38 bits per heavy atom. The summed E-state index contributed by atoms with van der Waals surface area (Å²) in [7, 11) is 0. The van der Waals surface area contributed by atoms with Gasteiger partial charge < -0.3 is 5.11 Å². The summed E-state index contributed by atoms with van der Waals surface area (Å²) in [6.07, 6.45) is 2.91. The maximum absolute atomic E-state index is 11.3. The van der Waals surface area contributed by atoms with Crippen LogP contribution in [0.15, 0.2) is 6.07 Å². The molecule has 2 heterocycles. The van der Waals surface area contributed by atoms with Crippen molar-refractivity contribution in [2.75, 3.05) is 0 Å². The van der Waals surface area contributed by atoms with Crippen molar-refractivity contribution in [3.63, 3.8) is 0 Å². The first-order valence-electron chi connectivity index (χ1n) is 7.36. The van der Waals surface area contributed by atoms with Gasteiger partial charge in [0.05, 0.1) is 23.6 Å². The Balaban J connectivity index is 1.95. The summed E-state index contributed by atoms with van der Waals surface area (Å²) in [4.78, 5) is 11.3. The van der Waals surface area contributed by atoms with Crippen LogP contribution in [0.1, 0.15) is 60.2 Å². The first-order valence-corrected chi connectivity index (χ1v) is 7.36. The van der Waals surface area contributed by atoms with E-state index in [1.165, 1.54) is 0 Å². The van der Waals surface area contributed by atoms with Crippen molar-refractivity contribution in [3.8, 4) is 0 Å². The van der Waals surface area contributed by atoms with Gasteiger partial charge in [0, 0.05) is 12.5 Å². The van der Waals surface area contributed by atoms with E-state index in [1.807, 2.05) is 11.6 Å². The number of carboxylic acids is 1. The Morgan fingerprint density at radius 3 is 2.71 bits per heavy atom. The first-order chi connectivity index (χ1) is 10.1. The second-order valence-corrected chi connectivity index (χ2v) is 5.36. The molecule has 0 spiro atoms. The topological polar surface area (TPSA) is 85.8 Å². The SMILES string of the molecule is CCc1cc(Cn2nnc(C(=O)O)c2C2CC2)n(CC)n1. The molecule has 0 atom stereocenters. The van der Waals surface area contributed by atoms with E-state index in [-0.39, 0.29) is 11.6 Å². The summed E-state index contributed by atoms with van der Waals surface area (Å²) in [5, 5.41) is 21.6. The summed E-state index contributed by atoms with van der Waals surface area (Å²) < 4.78 is 3.67. The average molecular weight is 289 g/mol. The summed E-state index contributed by atoms with van der Waals surface area (Å²) >= 11 is 0. The van der Waals surface area contributed by atoms with Crippen molar-refractivity contribution < 1.29 is 9.90 Å². The molecule has 2 aromatic rings. The van der Waals surface area contributed by atoms with Crippen LogP contribution in [0, 0.1) is 0 Å². The highest BCUT2D eigenvalue weighted by Crippen LogP contribution is 2.41. The molecule has 3 rings (SSSR count). The van der Waals surface area contributed by atoms with Crippen LogP contribution in [-0.2, 0) is 19.5 Å². The van der Waals surface area contributed by atoms with Gasteiger partial charge in [-0.2, -0.15) is 5.10 Å². The van der Waals surface area contributed by atoms with Gasteiger partial charge in [0.25, 0.3) is 0 Å². The predicted octanol–water partition coefficient (Wildman–Crippen LogP) is 1.68. The average Bonchev–Trinajstić information content (AvgIpc) is 3.09. The van der Waals surface area contributed by atoms with Crippen molar-refractivity contribution in [2.24, 2.45) is 0 Å². The fourth-order valence-corrected chi connectivity index (χ4v) is 2.59. The lowest BCUT2D eigenvalue weighted by atomic mass is 10.2. The van der Waals surface area contributed by atoms with Gasteiger partial charge >= 0.3 is 5.97 Å². The minimum absolute atomic E-state index is 0.0933. The maximum atomic E-state index is 11.3. The van der Waals surface area contributed by atoms with Crippen LogP contribution in [0.2, 0.25) is 0 Å². The summed E-state index contributed by atoms with van der Waals surface area (Å²) in [6, 6.07) is 2.06. The lowest BCUT2D eigenvalue weighted by molar-refractivity contribution is 0.0689. The molecule has 7 nitrogen and oxygen atoms in total. The summed E-state index contributed by atoms with van der Waals surface area (Å²) in [5.74, 6) is -0.712. The van der Waals surface area contributed by atoms with Crippen molar-refractivity contribution in [1.82, 2.24) is 24.8 Å². The third kappa shape index (κ3) is 2.55. The number of rotatable bonds is 6. The Hall–Kier alpha value is -2.18. The molecule has 1 aliphatic carbocycles. The van der Waals surface area contributed by atoms with E-state index >= 15 is 0 Å². The van der Waals surface area contributed by atoms with E-state index in [1.54, 1.807) is 4.68 Å². The van der Waals surface area contributed by atoms with E-state index in [0.29, 0.717) is 6.54 Å². The van der Waals surface area contributed by atoms with Crippen molar-refractivity contribution in [3.05, 3.63) is 28.8 Å². The van der Waals surface area contributed by atoms with E-state index in [4.69, 9.17) is 0 Å². The molecule has 0 amide bonds. The molecule has 1 saturated carbocycles. The van der Waals surface area contributed by atoms with Gasteiger partial charge in [0.2, 0.25) is 0 Å². The lowest BCUT2D eigenvalue weighted by Crippen LogP contribution is -2.12. The third-order valence-electron chi connectivity index (χ3n) is 3.83. The van der Waals surface area contributed by atoms with Crippen LogP contribution < -0.4 is 0 Å². The molecule has 1 aliphatic rings. The second-order valence-electron chi connectivity index (χ2n) is 5.36. The highest BCUT2D eigenvalue weighted by Gasteiger charge is 2.33. The Kier molecular flexibility index (Phi) is 3.48. The number of aromatic nitrogens is 5. The van der Waals surface area contributed by atoms with Gasteiger partial charge in [0.1, 0.15) is 0 Å². The van der Waals surface area contributed by atoms with Crippen LogP contribution >= 0.6 is 0 Å². The minimum Gasteiger partial charge on any atom is -0.476 e. The maximum Gasteiger partial charge on any atom is 0.358 e. The van der Waals surface area contributed by atoms with Crippen molar-refractivity contribution in [2.45, 2.75) is 52.1 Å². The molecule has 112 valence electrons. The van der Waals surface area contributed by atoms with Crippen LogP contribution in [-0.4, -0.2) is 35.9 Å². The molecule has 7 heteroatoms. The first kappa shape index (κ1) is 13.8. The molecule has 0 saturated heterocycles. The van der Waals surface area contributed by atoms with Crippen LogP contribution in [0.3, 0.4) is 0 Å². The quantitative estimate of drug-likeness (QED) is 0.874. The second kappa shape index (κ2) is 5.31. The number of nitrogens with zero attached hydrogens (tertiary/aromatic N) is 5. The van der Waals surface area contributed by atoms with Gasteiger partial charge in [-0.15, -0.1) is 5.10 Å². The highest BCUT2D eigenvalue weighted by atomic mass is 16.4. The molecule has 0 radical (unpaired) electrons. The standard InChI is InChI=1S/C14H19N5O2/c1-3-10-7-11(18(4-2)16-10)8-19-13(9-5-6-9)12(14(20)21)15-17-19/h7,9H,3-6,8H2,1-2H3,(H,20,21). The third-order valence-corrected chi connectivity index (χ3v) is 3.83. The zero-order chi connectivity index (χ0) is 15.0. The smallest absolute Gasteiger partial charge is 0.358 e. The molecular weight excluding hydrogens is 270 g/mol. The number of aromatic carboxylic acids is 1. The van der Waals surface area contributed by atoms with Gasteiger partial charge in [-0.3, -0.25) is 4.68 Å².